The van der Waals surface area contributed by atoms with Crippen LogP contribution in [0.5, 0.6) is 0 Å². The Morgan fingerprint density at radius 3 is 2.39 bits per heavy atom. The van der Waals surface area contributed by atoms with Crippen LogP contribution >= 0.6 is 15.9 Å². The normalized spacial score (nSPS) is 19.0. The third-order valence-electron chi connectivity index (χ3n) is 3.74. The zero-order chi connectivity index (χ0) is 12.7. The number of rotatable bonds is 5. The molecule has 2 fully saturated rings. The number of nitrogens with one attached hydrogen (secondary N) is 1. The van der Waals surface area contributed by atoms with Gasteiger partial charge in [-0.25, -0.2) is 0 Å². The largest absolute Gasteiger partial charge is 0.382 e. The van der Waals surface area contributed by atoms with Crippen LogP contribution in [-0.2, 0) is 0 Å². The van der Waals surface area contributed by atoms with E-state index in [4.69, 9.17) is 0 Å². The van der Waals surface area contributed by atoms with Crippen molar-refractivity contribution >= 4 is 27.3 Å². The Hall–Kier alpha value is -1.10. The molecular formula is C13H15BrN2O2. The lowest BCUT2D eigenvalue weighted by Gasteiger charge is -2.19. The molecule has 1 aromatic rings. The van der Waals surface area contributed by atoms with Gasteiger partial charge in [0.1, 0.15) is 0 Å². The first-order valence-electron chi connectivity index (χ1n) is 6.35. The predicted octanol–water partition coefficient (Wildman–Crippen LogP) is 3.96. The monoisotopic (exact) mass is 310 g/mol. The molecule has 1 aromatic carbocycles. The van der Waals surface area contributed by atoms with Crippen molar-refractivity contribution in [2.24, 2.45) is 11.8 Å². The maximum Gasteiger partial charge on any atom is 0.285 e. The van der Waals surface area contributed by atoms with E-state index in [1.54, 1.807) is 12.1 Å². The molecule has 0 unspecified atom stereocenters. The highest BCUT2D eigenvalue weighted by Crippen LogP contribution is 2.46. The van der Waals surface area contributed by atoms with Gasteiger partial charge in [0.05, 0.1) is 9.40 Å². The Labute approximate surface area is 114 Å². The Balaban J connectivity index is 1.78. The molecule has 0 radical (unpaired) electrons. The second-order valence-corrected chi connectivity index (χ2v) is 6.12. The summed E-state index contributed by atoms with van der Waals surface area (Å²) < 4.78 is 0.535. The van der Waals surface area contributed by atoms with Crippen LogP contribution in [0.3, 0.4) is 0 Å². The van der Waals surface area contributed by atoms with Crippen molar-refractivity contribution < 1.29 is 4.92 Å². The van der Waals surface area contributed by atoms with Gasteiger partial charge in [-0.3, -0.25) is 10.1 Å². The summed E-state index contributed by atoms with van der Waals surface area (Å²) in [7, 11) is 0. The molecule has 4 nitrogen and oxygen atoms in total. The lowest BCUT2D eigenvalue weighted by molar-refractivity contribution is -0.385. The molecule has 1 N–H and O–H groups in total. The van der Waals surface area contributed by atoms with Crippen LogP contribution in [0.4, 0.5) is 11.4 Å². The van der Waals surface area contributed by atoms with Gasteiger partial charge in [0, 0.05) is 17.8 Å². The van der Waals surface area contributed by atoms with E-state index in [1.807, 2.05) is 6.07 Å². The first-order chi connectivity index (χ1) is 8.65. The van der Waals surface area contributed by atoms with Crippen molar-refractivity contribution in [3.05, 3.63) is 32.8 Å². The van der Waals surface area contributed by atoms with E-state index in [-0.39, 0.29) is 10.6 Å². The SMILES string of the molecule is O=[N+]([O-])c1cc(NC(C2CC2)C2CC2)ccc1Br. The summed E-state index contributed by atoms with van der Waals surface area (Å²) in [6, 6.07) is 5.80. The molecule has 0 spiro atoms. The summed E-state index contributed by atoms with van der Waals surface area (Å²) in [5, 5.41) is 14.4. The summed E-state index contributed by atoms with van der Waals surface area (Å²) in [4.78, 5) is 10.6. The van der Waals surface area contributed by atoms with E-state index in [1.165, 1.54) is 25.7 Å². The van der Waals surface area contributed by atoms with Gasteiger partial charge in [0.2, 0.25) is 0 Å². The van der Waals surface area contributed by atoms with Crippen molar-refractivity contribution in [3.63, 3.8) is 0 Å². The van der Waals surface area contributed by atoms with E-state index in [0.717, 1.165) is 17.5 Å². The molecule has 0 atom stereocenters. The molecular weight excluding hydrogens is 296 g/mol. The number of anilines is 1. The minimum absolute atomic E-state index is 0.130. The van der Waals surface area contributed by atoms with E-state index in [9.17, 15) is 10.1 Å². The number of hydrogen-bond donors (Lipinski definition) is 1. The smallest absolute Gasteiger partial charge is 0.285 e. The molecule has 0 saturated heterocycles. The minimum Gasteiger partial charge on any atom is -0.382 e. The Kier molecular flexibility index (Phi) is 3.01. The van der Waals surface area contributed by atoms with Crippen molar-refractivity contribution in [1.29, 1.82) is 0 Å². The first-order valence-corrected chi connectivity index (χ1v) is 7.15. The zero-order valence-electron chi connectivity index (χ0n) is 9.93. The maximum atomic E-state index is 10.9. The lowest BCUT2D eigenvalue weighted by atomic mass is 10.1. The summed E-state index contributed by atoms with van der Waals surface area (Å²) in [6.45, 7) is 0. The Bertz CT molecular complexity index is 472. The molecule has 0 aromatic heterocycles. The van der Waals surface area contributed by atoms with Crippen molar-refractivity contribution in [1.82, 2.24) is 0 Å². The van der Waals surface area contributed by atoms with Gasteiger partial charge in [0.25, 0.3) is 5.69 Å². The fourth-order valence-corrected chi connectivity index (χ4v) is 2.86. The van der Waals surface area contributed by atoms with Crippen LogP contribution in [0.1, 0.15) is 25.7 Å². The molecule has 2 aliphatic carbocycles. The Morgan fingerprint density at radius 1 is 1.28 bits per heavy atom. The van der Waals surface area contributed by atoms with Crippen LogP contribution < -0.4 is 5.32 Å². The van der Waals surface area contributed by atoms with Crippen molar-refractivity contribution in [2.75, 3.05) is 5.32 Å². The molecule has 18 heavy (non-hydrogen) atoms. The third-order valence-corrected chi connectivity index (χ3v) is 4.41. The zero-order valence-corrected chi connectivity index (χ0v) is 11.5. The first kappa shape index (κ1) is 12.0. The van der Waals surface area contributed by atoms with Gasteiger partial charge in [-0.15, -0.1) is 0 Å². The van der Waals surface area contributed by atoms with Gasteiger partial charge in [-0.1, -0.05) is 0 Å². The number of benzene rings is 1. The van der Waals surface area contributed by atoms with E-state index >= 15 is 0 Å². The van der Waals surface area contributed by atoms with E-state index in [0.29, 0.717) is 10.5 Å². The molecule has 2 aliphatic rings. The summed E-state index contributed by atoms with van der Waals surface area (Å²) in [5.74, 6) is 1.56. The molecule has 3 rings (SSSR count). The molecule has 5 heteroatoms. The quantitative estimate of drug-likeness (QED) is 0.661. The van der Waals surface area contributed by atoms with Crippen LogP contribution in [-0.4, -0.2) is 11.0 Å². The van der Waals surface area contributed by atoms with E-state index < -0.39 is 0 Å². The second kappa shape index (κ2) is 4.53. The van der Waals surface area contributed by atoms with Gasteiger partial charge >= 0.3 is 0 Å². The second-order valence-electron chi connectivity index (χ2n) is 5.27. The summed E-state index contributed by atoms with van der Waals surface area (Å²) >= 11 is 3.21. The molecule has 0 amide bonds. The molecule has 0 aliphatic heterocycles. The van der Waals surface area contributed by atoms with Crippen LogP contribution in [0.25, 0.3) is 0 Å². The lowest BCUT2D eigenvalue weighted by Crippen LogP contribution is -2.24. The average molecular weight is 311 g/mol. The van der Waals surface area contributed by atoms with Crippen molar-refractivity contribution in [2.45, 2.75) is 31.7 Å². The maximum absolute atomic E-state index is 10.9. The number of nitro groups is 1. The topological polar surface area (TPSA) is 55.2 Å². The fraction of sp³-hybridized carbons (Fsp3) is 0.538. The number of halogens is 1. The predicted molar refractivity (Wildman–Crippen MR) is 73.7 cm³/mol. The highest BCUT2D eigenvalue weighted by atomic mass is 79.9. The van der Waals surface area contributed by atoms with Gasteiger partial charge < -0.3 is 5.32 Å². The standard InChI is InChI=1S/C13H15BrN2O2/c14-11-6-5-10(7-12(11)16(17)18)15-13(8-1-2-8)9-3-4-9/h5-9,13,15H,1-4H2. The van der Waals surface area contributed by atoms with E-state index in [2.05, 4.69) is 21.2 Å². The number of hydrogen-bond acceptors (Lipinski definition) is 3. The highest BCUT2D eigenvalue weighted by Gasteiger charge is 2.41. The Morgan fingerprint density at radius 2 is 1.89 bits per heavy atom. The van der Waals surface area contributed by atoms with Gasteiger partial charge in [-0.2, -0.15) is 0 Å². The summed E-state index contributed by atoms with van der Waals surface area (Å²) in [6.07, 6.45) is 5.19. The molecule has 96 valence electrons. The third kappa shape index (κ3) is 2.51. The van der Waals surface area contributed by atoms with Crippen LogP contribution in [0.2, 0.25) is 0 Å². The fourth-order valence-electron chi connectivity index (χ4n) is 2.47. The average Bonchev–Trinajstić information content (AvgIpc) is 3.20. The van der Waals surface area contributed by atoms with Crippen LogP contribution in [0, 0.1) is 22.0 Å². The molecule has 2 saturated carbocycles. The highest BCUT2D eigenvalue weighted by molar-refractivity contribution is 9.10. The van der Waals surface area contributed by atoms with Gasteiger partial charge in [-0.05, 0) is 65.6 Å². The number of nitrogens with zero attached hydrogens (tertiary/aromatic N) is 1. The van der Waals surface area contributed by atoms with Gasteiger partial charge in [0.15, 0.2) is 0 Å². The number of nitro benzene ring substituents is 1. The van der Waals surface area contributed by atoms with Crippen molar-refractivity contribution in [3.8, 4) is 0 Å². The molecule has 0 bridgehead atoms. The van der Waals surface area contributed by atoms with Crippen LogP contribution in [0.15, 0.2) is 22.7 Å². The summed E-state index contributed by atoms with van der Waals surface area (Å²) in [5.41, 5.74) is 0.999. The molecule has 0 heterocycles. The minimum atomic E-state index is -0.349.